The Balaban J connectivity index is 2.60. The Morgan fingerprint density at radius 3 is 1.33 bits per heavy atom. The first kappa shape index (κ1) is 75.9. The Bertz CT molecular complexity index is 1640. The summed E-state index contributed by atoms with van der Waals surface area (Å²) in [5, 5.41) is 57.0. The number of nitrogens with one attached hydrogen (secondary N) is 1. The fourth-order valence-corrected chi connectivity index (χ4v) is 10.2. The molecule has 1 amide bonds. The average Bonchev–Trinajstić information content (AvgIpc) is 3.52. The molecule has 1 rings (SSSR count). The highest BCUT2D eigenvalue weighted by Gasteiger charge is 2.47. The number of unbranched alkanes of at least 4 members (excludes halogenated alkanes) is 35. The number of hydrogen-bond donors (Lipinski definition) is 6. The number of carbonyl (C=O) groups excluding carboxylic acids is 2. The zero-order valence-corrected chi connectivity index (χ0v) is 51.9. The Labute approximate surface area is 495 Å². The number of aliphatic hydroxyl groups excluding tert-OH is 5. The van der Waals surface area contributed by atoms with Crippen LogP contribution in [0.2, 0.25) is 0 Å². The summed E-state index contributed by atoms with van der Waals surface area (Å²) in [5.74, 6) is -1.24. The molecular formula is C70H123NO10. The van der Waals surface area contributed by atoms with Crippen LogP contribution in [0.4, 0.5) is 0 Å². The van der Waals surface area contributed by atoms with E-state index >= 15 is 0 Å². The Kier molecular flexibility index (Phi) is 53.6. The van der Waals surface area contributed by atoms with Crippen LogP contribution in [-0.2, 0) is 23.8 Å². The monoisotopic (exact) mass is 1140 g/mol. The summed E-state index contributed by atoms with van der Waals surface area (Å²) in [6, 6.07) is -1.04. The molecule has 1 aliphatic heterocycles. The lowest BCUT2D eigenvalue weighted by atomic mass is 9.99. The molecule has 0 radical (unpaired) electrons. The van der Waals surface area contributed by atoms with Crippen molar-refractivity contribution in [2.75, 3.05) is 13.2 Å². The molecule has 0 spiro atoms. The van der Waals surface area contributed by atoms with Gasteiger partial charge in [-0.25, -0.2) is 0 Å². The van der Waals surface area contributed by atoms with Gasteiger partial charge in [0.05, 0.1) is 25.4 Å². The number of allylic oxidation sites excluding steroid dienone is 13. The van der Waals surface area contributed by atoms with Gasteiger partial charge in [-0.05, 0) is 44.9 Å². The van der Waals surface area contributed by atoms with Crippen molar-refractivity contribution in [1.29, 1.82) is 0 Å². The Morgan fingerprint density at radius 2 is 0.889 bits per heavy atom. The summed E-state index contributed by atoms with van der Waals surface area (Å²) < 4.78 is 17.6. The summed E-state index contributed by atoms with van der Waals surface area (Å²) >= 11 is 0. The number of rotatable bonds is 56. The number of esters is 1. The van der Waals surface area contributed by atoms with Crippen molar-refractivity contribution < 1.29 is 49.3 Å². The summed E-state index contributed by atoms with van der Waals surface area (Å²) in [7, 11) is 0. The van der Waals surface area contributed by atoms with Crippen LogP contribution in [0.15, 0.2) is 85.1 Å². The molecule has 11 heteroatoms. The van der Waals surface area contributed by atoms with Crippen LogP contribution in [0, 0.1) is 0 Å². The van der Waals surface area contributed by atoms with Gasteiger partial charge in [-0.2, -0.15) is 0 Å². The molecule has 0 aromatic rings. The summed E-state index contributed by atoms with van der Waals surface area (Å²) in [4.78, 5) is 26.6. The maximum absolute atomic E-state index is 13.5. The lowest BCUT2D eigenvalue weighted by Gasteiger charge is -2.41. The predicted octanol–water partition coefficient (Wildman–Crippen LogP) is 16.5. The van der Waals surface area contributed by atoms with Crippen LogP contribution in [0.1, 0.15) is 284 Å². The number of hydrogen-bond acceptors (Lipinski definition) is 10. The summed E-state index contributed by atoms with van der Waals surface area (Å²) in [5.41, 5.74) is 0. The molecule has 11 nitrogen and oxygen atoms in total. The minimum absolute atomic E-state index is 0.0696. The molecular weight excluding hydrogens is 1010 g/mol. The molecule has 6 N–H and O–H groups in total. The van der Waals surface area contributed by atoms with Crippen LogP contribution in [0.5, 0.6) is 0 Å². The molecule has 0 saturated carbocycles. The molecule has 81 heavy (non-hydrogen) atoms. The van der Waals surface area contributed by atoms with Gasteiger partial charge in [0, 0.05) is 6.42 Å². The molecule has 8 atom stereocenters. The third-order valence-electron chi connectivity index (χ3n) is 15.5. The van der Waals surface area contributed by atoms with Gasteiger partial charge in [-0.15, -0.1) is 0 Å². The molecule has 1 heterocycles. The second-order valence-corrected chi connectivity index (χ2v) is 23.0. The topological polar surface area (TPSA) is 175 Å². The van der Waals surface area contributed by atoms with Gasteiger partial charge in [-0.3, -0.25) is 9.59 Å². The van der Waals surface area contributed by atoms with Gasteiger partial charge in [-0.1, -0.05) is 318 Å². The molecule has 0 aliphatic carbocycles. The molecule has 1 aliphatic rings. The van der Waals surface area contributed by atoms with Crippen molar-refractivity contribution in [2.45, 2.75) is 333 Å². The van der Waals surface area contributed by atoms with E-state index in [-0.39, 0.29) is 19.4 Å². The first-order chi connectivity index (χ1) is 39.7. The quantitative estimate of drug-likeness (QED) is 0.0149. The van der Waals surface area contributed by atoms with Crippen molar-refractivity contribution in [3.8, 4) is 0 Å². The van der Waals surface area contributed by atoms with Gasteiger partial charge in [0.2, 0.25) is 5.91 Å². The summed E-state index contributed by atoms with van der Waals surface area (Å²) in [6.07, 6.45) is 64.9. The van der Waals surface area contributed by atoms with Crippen molar-refractivity contribution in [3.05, 3.63) is 85.1 Å². The number of aliphatic hydroxyl groups is 5. The molecule has 0 aromatic heterocycles. The first-order valence-electron chi connectivity index (χ1n) is 33.4. The largest absolute Gasteiger partial charge is 0.454 e. The SMILES string of the molecule is CC\C=C/C=C/C=C/C=C\C=C\C=C\CCCCCC(=O)OC1C(OCC(NC(=O)C(O)CCCCCCCCCCCCCCCCCCCCCCCCCC)C(O)/C=C/CCCCCCCCCCC)OC(CO)C(O)C1O. The fourth-order valence-electron chi connectivity index (χ4n) is 10.2. The Hall–Kier alpha value is -3.16. The molecule has 0 bridgehead atoms. The Morgan fingerprint density at radius 1 is 0.494 bits per heavy atom. The molecule has 8 unspecified atom stereocenters. The highest BCUT2D eigenvalue weighted by Crippen LogP contribution is 2.26. The fraction of sp³-hybridized carbons (Fsp3) is 0.771. The second-order valence-electron chi connectivity index (χ2n) is 23.0. The molecule has 1 saturated heterocycles. The zero-order chi connectivity index (χ0) is 58.9. The van der Waals surface area contributed by atoms with Crippen molar-refractivity contribution in [3.63, 3.8) is 0 Å². The van der Waals surface area contributed by atoms with Crippen molar-refractivity contribution in [2.24, 2.45) is 0 Å². The lowest BCUT2D eigenvalue weighted by molar-refractivity contribution is -0.305. The number of amides is 1. The van der Waals surface area contributed by atoms with E-state index in [2.05, 4.69) is 38.2 Å². The van der Waals surface area contributed by atoms with Gasteiger partial charge >= 0.3 is 5.97 Å². The highest BCUT2D eigenvalue weighted by molar-refractivity contribution is 5.80. The number of ether oxygens (including phenoxy) is 3. The molecule has 0 aromatic carbocycles. The minimum Gasteiger partial charge on any atom is -0.454 e. The van der Waals surface area contributed by atoms with Crippen LogP contribution in [0.3, 0.4) is 0 Å². The maximum atomic E-state index is 13.5. The summed E-state index contributed by atoms with van der Waals surface area (Å²) in [6.45, 7) is 5.63. The van der Waals surface area contributed by atoms with E-state index in [9.17, 15) is 35.1 Å². The molecule has 1 fully saturated rings. The van der Waals surface area contributed by atoms with E-state index in [0.29, 0.717) is 12.8 Å². The van der Waals surface area contributed by atoms with E-state index in [4.69, 9.17) is 14.2 Å². The first-order valence-corrected chi connectivity index (χ1v) is 33.4. The maximum Gasteiger partial charge on any atom is 0.306 e. The van der Waals surface area contributed by atoms with Crippen molar-refractivity contribution >= 4 is 11.9 Å². The van der Waals surface area contributed by atoms with Gasteiger partial charge in [0.1, 0.15) is 24.4 Å². The van der Waals surface area contributed by atoms with E-state index < -0.39 is 67.4 Å². The minimum atomic E-state index is -1.64. The second kappa shape index (κ2) is 57.3. The lowest BCUT2D eigenvalue weighted by Crippen LogP contribution is -2.61. The van der Waals surface area contributed by atoms with Crippen LogP contribution < -0.4 is 5.32 Å². The van der Waals surface area contributed by atoms with E-state index in [0.717, 1.165) is 64.2 Å². The van der Waals surface area contributed by atoms with Gasteiger partial charge < -0.3 is 45.1 Å². The van der Waals surface area contributed by atoms with Crippen LogP contribution in [0.25, 0.3) is 0 Å². The van der Waals surface area contributed by atoms with Crippen molar-refractivity contribution in [1.82, 2.24) is 5.32 Å². The zero-order valence-electron chi connectivity index (χ0n) is 51.9. The third-order valence-corrected chi connectivity index (χ3v) is 15.5. The van der Waals surface area contributed by atoms with E-state index in [1.165, 1.54) is 173 Å². The van der Waals surface area contributed by atoms with Crippen LogP contribution >= 0.6 is 0 Å². The van der Waals surface area contributed by atoms with E-state index in [1.807, 2.05) is 66.8 Å². The average molecular weight is 1140 g/mol. The van der Waals surface area contributed by atoms with Crippen LogP contribution in [-0.4, -0.2) is 99.6 Å². The number of carbonyl (C=O) groups is 2. The van der Waals surface area contributed by atoms with Gasteiger partial charge in [0.25, 0.3) is 0 Å². The predicted molar refractivity (Wildman–Crippen MR) is 338 cm³/mol. The standard InChI is InChI=1S/C70H123NO10/c1-4-7-10-13-16-19-22-24-26-28-29-30-31-32-33-34-36-37-39-42-45-48-51-54-57-63(74)69(78)71-61(62(73)56-53-50-47-44-41-21-18-15-12-9-6-3)60-79-70-68(67(77)66(76)64(59-72)80-70)81-65(75)58-55-52-49-46-43-40-38-35-27-25-23-20-17-14-11-8-5-2/h8,11,14,17,20,23,25,27,35,38,40,43,53,56,61-64,66-68,70,72-74,76-77H,4-7,9-10,12-13,15-16,18-19,21-22,24,26,28-34,36-37,39,41-42,44-52,54-55,57-60H2,1-3H3,(H,71,78)/b11-8-,17-14+,23-20+,27-25-,38-35+,43-40+,56-53+. The third kappa shape index (κ3) is 45.0. The van der Waals surface area contributed by atoms with E-state index in [1.54, 1.807) is 6.08 Å². The van der Waals surface area contributed by atoms with Gasteiger partial charge in [0.15, 0.2) is 12.4 Å². The highest BCUT2D eigenvalue weighted by atomic mass is 16.7. The normalized spacial score (nSPS) is 19.2. The smallest absolute Gasteiger partial charge is 0.306 e. The molecule has 468 valence electrons.